The van der Waals surface area contributed by atoms with Gasteiger partial charge in [0, 0.05) is 26.2 Å². The molecule has 0 bridgehead atoms. The van der Waals surface area contributed by atoms with Gasteiger partial charge in [0.05, 0.1) is 31.4 Å². The van der Waals surface area contributed by atoms with Crippen LogP contribution in [0.25, 0.3) is 0 Å². The number of benzene rings is 1. The summed E-state index contributed by atoms with van der Waals surface area (Å²) in [6.07, 6.45) is 3.67. The topological polar surface area (TPSA) is 73.7 Å². The fourth-order valence-corrected chi connectivity index (χ4v) is 5.27. The highest BCUT2D eigenvalue weighted by molar-refractivity contribution is 7.91. The summed E-state index contributed by atoms with van der Waals surface area (Å²) >= 11 is 0. The molecular weight excluding hydrogens is 390 g/mol. The van der Waals surface area contributed by atoms with Crippen LogP contribution >= 0.6 is 0 Å². The lowest BCUT2D eigenvalue weighted by Crippen LogP contribution is -2.25. The van der Waals surface area contributed by atoms with Crippen molar-refractivity contribution in [1.29, 1.82) is 0 Å². The molecule has 29 heavy (non-hydrogen) atoms. The van der Waals surface area contributed by atoms with Gasteiger partial charge in [-0.15, -0.1) is 0 Å². The van der Waals surface area contributed by atoms with E-state index < -0.39 is 9.84 Å². The van der Waals surface area contributed by atoms with Crippen LogP contribution in [0.15, 0.2) is 35.6 Å². The van der Waals surface area contributed by atoms with Gasteiger partial charge < -0.3 is 14.0 Å². The van der Waals surface area contributed by atoms with Gasteiger partial charge in [0.1, 0.15) is 5.75 Å². The van der Waals surface area contributed by atoms with Crippen molar-refractivity contribution in [2.24, 2.45) is 5.92 Å². The number of hydrogen-bond acceptors (Lipinski definition) is 6. The number of aromatic nitrogens is 2. The average molecular weight is 422 g/mol. The third-order valence-electron chi connectivity index (χ3n) is 5.50. The normalized spacial score (nSPS) is 15.6. The SMILES string of the molecule is COCCn1c(CN(C)[C@@H](C)c2cccc(OC)c2)cnc1S(=O)(=O)CC1CC1. The highest BCUT2D eigenvalue weighted by atomic mass is 32.2. The molecule has 0 radical (unpaired) electrons. The molecule has 2 aromatic rings. The smallest absolute Gasteiger partial charge is 0.227 e. The van der Waals surface area contributed by atoms with Crippen LogP contribution in [0.4, 0.5) is 0 Å². The first-order valence-corrected chi connectivity index (χ1v) is 11.6. The lowest BCUT2D eigenvalue weighted by molar-refractivity contribution is 0.180. The largest absolute Gasteiger partial charge is 0.497 e. The second-order valence-electron chi connectivity index (χ2n) is 7.77. The van der Waals surface area contributed by atoms with E-state index in [2.05, 4.69) is 22.9 Å². The van der Waals surface area contributed by atoms with E-state index in [1.165, 1.54) is 0 Å². The first-order chi connectivity index (χ1) is 13.9. The van der Waals surface area contributed by atoms with Crippen LogP contribution in [0, 0.1) is 5.92 Å². The van der Waals surface area contributed by atoms with Crippen molar-refractivity contribution in [2.45, 2.75) is 44.1 Å². The molecule has 0 unspecified atom stereocenters. The Morgan fingerprint density at radius 2 is 2.07 bits per heavy atom. The molecule has 1 aliphatic carbocycles. The maximum absolute atomic E-state index is 12.8. The number of imidazole rings is 1. The summed E-state index contributed by atoms with van der Waals surface area (Å²) in [5.41, 5.74) is 2.00. The predicted molar refractivity (Wildman–Crippen MR) is 112 cm³/mol. The molecule has 8 heteroatoms. The Hall–Kier alpha value is -1.90. The molecule has 0 spiro atoms. The molecule has 1 heterocycles. The van der Waals surface area contributed by atoms with E-state index in [-0.39, 0.29) is 22.9 Å². The Balaban J connectivity index is 1.81. The highest BCUT2D eigenvalue weighted by Gasteiger charge is 2.32. The zero-order valence-electron chi connectivity index (χ0n) is 17.7. The molecular formula is C21H31N3O4S. The molecule has 160 valence electrons. The third-order valence-corrected chi connectivity index (χ3v) is 7.29. The van der Waals surface area contributed by atoms with Crippen LogP contribution in [0.1, 0.15) is 37.1 Å². The van der Waals surface area contributed by atoms with Crippen molar-refractivity contribution >= 4 is 9.84 Å². The molecule has 7 nitrogen and oxygen atoms in total. The van der Waals surface area contributed by atoms with Gasteiger partial charge in [0.25, 0.3) is 0 Å². The lowest BCUT2D eigenvalue weighted by Gasteiger charge is -2.26. The highest BCUT2D eigenvalue weighted by Crippen LogP contribution is 2.32. The van der Waals surface area contributed by atoms with Crippen LogP contribution in [0.3, 0.4) is 0 Å². The Kier molecular flexibility index (Phi) is 6.97. The molecule has 0 saturated heterocycles. The van der Waals surface area contributed by atoms with E-state index in [0.717, 1.165) is 29.8 Å². The van der Waals surface area contributed by atoms with Gasteiger partial charge in [0.2, 0.25) is 15.0 Å². The summed E-state index contributed by atoms with van der Waals surface area (Å²) < 4.78 is 38.0. The fraction of sp³-hybridized carbons (Fsp3) is 0.571. The summed E-state index contributed by atoms with van der Waals surface area (Å²) in [6.45, 7) is 3.60. The van der Waals surface area contributed by atoms with Crippen molar-refractivity contribution in [3.63, 3.8) is 0 Å². The average Bonchev–Trinajstić information content (AvgIpc) is 3.42. The van der Waals surface area contributed by atoms with Gasteiger partial charge in [-0.2, -0.15) is 0 Å². The second kappa shape index (κ2) is 9.28. The van der Waals surface area contributed by atoms with Crippen molar-refractivity contribution in [2.75, 3.05) is 33.6 Å². The molecule has 1 atom stereocenters. The summed E-state index contributed by atoms with van der Waals surface area (Å²) in [6, 6.07) is 8.12. The van der Waals surface area contributed by atoms with E-state index >= 15 is 0 Å². The van der Waals surface area contributed by atoms with E-state index in [9.17, 15) is 8.42 Å². The second-order valence-corrected chi connectivity index (χ2v) is 9.70. The minimum atomic E-state index is -3.39. The number of nitrogens with zero attached hydrogens (tertiary/aromatic N) is 3. The molecule has 1 aromatic heterocycles. The predicted octanol–water partition coefficient (Wildman–Crippen LogP) is 2.91. The van der Waals surface area contributed by atoms with Crippen molar-refractivity contribution < 1.29 is 17.9 Å². The molecule has 1 aromatic carbocycles. The minimum Gasteiger partial charge on any atom is -0.497 e. The quantitative estimate of drug-likeness (QED) is 0.555. The monoisotopic (exact) mass is 421 g/mol. The zero-order valence-corrected chi connectivity index (χ0v) is 18.5. The van der Waals surface area contributed by atoms with Gasteiger partial charge in [-0.3, -0.25) is 4.90 Å². The van der Waals surface area contributed by atoms with Crippen LogP contribution in [0.5, 0.6) is 5.75 Å². The molecule has 3 rings (SSSR count). The summed E-state index contributed by atoms with van der Waals surface area (Å²) in [4.78, 5) is 6.48. The summed E-state index contributed by atoms with van der Waals surface area (Å²) in [7, 11) is 1.91. The van der Waals surface area contributed by atoms with Crippen LogP contribution in [-0.4, -0.2) is 56.5 Å². The molecule has 0 aliphatic heterocycles. The maximum atomic E-state index is 12.8. The Morgan fingerprint density at radius 3 is 2.72 bits per heavy atom. The summed E-state index contributed by atoms with van der Waals surface area (Å²) in [5.74, 6) is 1.29. The third kappa shape index (κ3) is 5.38. The van der Waals surface area contributed by atoms with E-state index in [4.69, 9.17) is 9.47 Å². The Labute approximate surface area is 173 Å². The maximum Gasteiger partial charge on any atom is 0.227 e. The van der Waals surface area contributed by atoms with Gasteiger partial charge in [-0.1, -0.05) is 12.1 Å². The minimum absolute atomic E-state index is 0.127. The fourth-order valence-electron chi connectivity index (χ4n) is 3.41. The lowest BCUT2D eigenvalue weighted by atomic mass is 10.1. The molecule has 0 N–H and O–H groups in total. The van der Waals surface area contributed by atoms with Gasteiger partial charge in [-0.25, -0.2) is 13.4 Å². The van der Waals surface area contributed by atoms with Gasteiger partial charge in [0.15, 0.2) is 0 Å². The number of rotatable bonds is 11. The van der Waals surface area contributed by atoms with Crippen LogP contribution < -0.4 is 4.74 Å². The van der Waals surface area contributed by atoms with Crippen LogP contribution in [-0.2, 0) is 27.7 Å². The van der Waals surface area contributed by atoms with E-state index in [0.29, 0.717) is 19.7 Å². The number of ether oxygens (including phenoxy) is 2. The van der Waals surface area contributed by atoms with Crippen molar-refractivity contribution in [3.05, 3.63) is 41.7 Å². The van der Waals surface area contributed by atoms with Gasteiger partial charge >= 0.3 is 0 Å². The Morgan fingerprint density at radius 1 is 1.31 bits per heavy atom. The van der Waals surface area contributed by atoms with Crippen molar-refractivity contribution in [1.82, 2.24) is 14.5 Å². The molecule has 1 saturated carbocycles. The number of sulfone groups is 1. The Bertz CT molecular complexity index is 922. The van der Waals surface area contributed by atoms with E-state index in [1.807, 2.05) is 25.2 Å². The summed E-state index contributed by atoms with van der Waals surface area (Å²) in [5, 5.41) is 0.166. The molecule has 1 fully saturated rings. The molecule has 1 aliphatic rings. The number of methoxy groups -OCH3 is 2. The van der Waals surface area contributed by atoms with Gasteiger partial charge in [-0.05, 0) is 50.4 Å². The first kappa shape index (κ1) is 21.8. The number of hydrogen-bond donors (Lipinski definition) is 0. The molecule has 0 amide bonds. The van der Waals surface area contributed by atoms with Crippen LogP contribution in [0.2, 0.25) is 0 Å². The van der Waals surface area contributed by atoms with Crippen molar-refractivity contribution in [3.8, 4) is 5.75 Å². The van der Waals surface area contributed by atoms with E-state index in [1.54, 1.807) is 25.0 Å². The zero-order chi connectivity index (χ0) is 21.0. The first-order valence-electron chi connectivity index (χ1n) is 9.96. The standard InChI is InChI=1S/C21H31N3O4S/c1-16(18-6-5-7-20(12-18)28-4)23(2)14-19-13-22-21(24(19)10-11-27-3)29(25,26)15-17-8-9-17/h5-7,12-13,16-17H,8-11,14-15H2,1-4H3/t16-/m0/s1.